The molecule has 7 heteroatoms. The van der Waals surface area contributed by atoms with Gasteiger partial charge in [-0.15, -0.1) is 0 Å². The Hall–Kier alpha value is -1.83. The van der Waals surface area contributed by atoms with Crippen molar-refractivity contribution in [3.8, 4) is 0 Å². The van der Waals surface area contributed by atoms with Crippen molar-refractivity contribution >= 4 is 17.5 Å². The average Bonchev–Trinajstić information content (AvgIpc) is 2.99. The fourth-order valence-electron chi connectivity index (χ4n) is 6.92. The molecule has 0 bridgehead atoms. The number of ketones is 2. The van der Waals surface area contributed by atoms with Crippen LogP contribution in [0.1, 0.15) is 52.9 Å². The average molecular weight is 435 g/mol. The molecule has 0 aromatic heterocycles. The van der Waals surface area contributed by atoms with Crippen molar-refractivity contribution in [1.82, 2.24) is 0 Å². The van der Waals surface area contributed by atoms with E-state index in [2.05, 4.69) is 11.7 Å². The molecule has 4 aliphatic rings. The van der Waals surface area contributed by atoms with E-state index in [1.807, 2.05) is 13.0 Å². The number of fused-ring (bicyclic) bond motifs is 5. The summed E-state index contributed by atoms with van der Waals surface area (Å²) < 4.78 is 4.11. The molecule has 0 aromatic carbocycles. The minimum atomic E-state index is -1.56. The SMILES string of the molecule is COC(C)=O.C[C@]12C=CC(=O)C=C1CC[C@@H]1[C@@H]2C(O)C[C@@]2(C)[C@H]1CC[C@]2(O)C(=O)CO. The summed E-state index contributed by atoms with van der Waals surface area (Å²) in [6, 6.07) is 0. The third-order valence-electron chi connectivity index (χ3n) is 8.54. The largest absolute Gasteiger partial charge is 0.469 e. The number of aliphatic hydroxyl groups is 3. The summed E-state index contributed by atoms with van der Waals surface area (Å²) in [4.78, 5) is 33.7. The Morgan fingerprint density at radius 2 is 1.90 bits per heavy atom. The summed E-state index contributed by atoms with van der Waals surface area (Å²) in [5.74, 6) is -0.472. The summed E-state index contributed by atoms with van der Waals surface area (Å²) in [5, 5.41) is 31.7. The molecule has 3 fully saturated rings. The van der Waals surface area contributed by atoms with Crippen molar-refractivity contribution < 1.29 is 34.4 Å². The summed E-state index contributed by atoms with van der Waals surface area (Å²) in [6.07, 6.45) is 7.68. The van der Waals surface area contributed by atoms with Crippen LogP contribution in [0, 0.1) is 28.6 Å². The van der Waals surface area contributed by atoms with Crippen LogP contribution in [0.25, 0.3) is 0 Å². The van der Waals surface area contributed by atoms with Crippen molar-refractivity contribution in [2.75, 3.05) is 13.7 Å². The second kappa shape index (κ2) is 8.26. The van der Waals surface area contributed by atoms with Gasteiger partial charge in [0, 0.05) is 23.7 Å². The number of hydrogen-bond donors (Lipinski definition) is 3. The minimum Gasteiger partial charge on any atom is -0.469 e. The lowest BCUT2D eigenvalue weighted by Crippen LogP contribution is -2.61. The van der Waals surface area contributed by atoms with Gasteiger partial charge in [0.2, 0.25) is 0 Å². The Bertz CT molecular complexity index is 830. The van der Waals surface area contributed by atoms with Gasteiger partial charge in [-0.1, -0.05) is 25.5 Å². The second-order valence-corrected chi connectivity index (χ2v) is 9.89. The zero-order valence-corrected chi connectivity index (χ0v) is 18.8. The van der Waals surface area contributed by atoms with Crippen LogP contribution in [0.3, 0.4) is 0 Å². The monoisotopic (exact) mass is 434 g/mol. The van der Waals surface area contributed by atoms with Gasteiger partial charge in [-0.2, -0.15) is 0 Å². The van der Waals surface area contributed by atoms with Gasteiger partial charge < -0.3 is 20.1 Å². The van der Waals surface area contributed by atoms with E-state index < -0.39 is 29.5 Å². The molecule has 31 heavy (non-hydrogen) atoms. The lowest BCUT2D eigenvalue weighted by atomic mass is 9.46. The van der Waals surface area contributed by atoms with Crippen LogP contribution in [0.15, 0.2) is 23.8 Å². The highest BCUT2D eigenvalue weighted by molar-refractivity contribution is 6.01. The molecule has 3 N–H and O–H groups in total. The smallest absolute Gasteiger partial charge is 0.302 e. The molecule has 0 heterocycles. The molecule has 4 rings (SSSR count). The maximum absolute atomic E-state index is 12.4. The molecular weight excluding hydrogens is 400 g/mol. The Labute approximate surface area is 183 Å². The molecule has 0 aliphatic heterocycles. The summed E-state index contributed by atoms with van der Waals surface area (Å²) in [6.45, 7) is 4.70. The molecular formula is C24H34O7. The topological polar surface area (TPSA) is 121 Å². The van der Waals surface area contributed by atoms with E-state index in [1.165, 1.54) is 14.0 Å². The fraction of sp³-hybridized carbons (Fsp3) is 0.708. The maximum Gasteiger partial charge on any atom is 0.302 e. The Balaban J connectivity index is 0.000000491. The molecule has 172 valence electrons. The van der Waals surface area contributed by atoms with E-state index in [9.17, 15) is 29.7 Å². The lowest BCUT2D eigenvalue weighted by Gasteiger charge is -2.59. The van der Waals surface area contributed by atoms with Gasteiger partial charge in [-0.05, 0) is 56.1 Å². The van der Waals surface area contributed by atoms with E-state index in [0.717, 1.165) is 24.8 Å². The second-order valence-electron chi connectivity index (χ2n) is 9.89. The van der Waals surface area contributed by atoms with Crippen molar-refractivity contribution in [1.29, 1.82) is 0 Å². The van der Waals surface area contributed by atoms with Crippen molar-refractivity contribution in [2.45, 2.75) is 64.6 Å². The van der Waals surface area contributed by atoms with Gasteiger partial charge in [0.05, 0.1) is 13.2 Å². The number of hydrogen-bond acceptors (Lipinski definition) is 7. The van der Waals surface area contributed by atoms with Crippen LogP contribution in [-0.4, -0.2) is 58.3 Å². The molecule has 7 atom stereocenters. The van der Waals surface area contributed by atoms with Gasteiger partial charge in [-0.25, -0.2) is 0 Å². The molecule has 0 radical (unpaired) electrons. The predicted molar refractivity (Wildman–Crippen MR) is 113 cm³/mol. The van der Waals surface area contributed by atoms with Gasteiger partial charge in [0.15, 0.2) is 11.6 Å². The van der Waals surface area contributed by atoms with Gasteiger partial charge in [0.25, 0.3) is 0 Å². The predicted octanol–water partition coefficient (Wildman–Crippen LogP) is 1.74. The number of carbonyl (C=O) groups excluding carboxylic acids is 3. The molecule has 0 aromatic rings. The number of carbonyl (C=O) groups is 3. The van der Waals surface area contributed by atoms with E-state index >= 15 is 0 Å². The van der Waals surface area contributed by atoms with Gasteiger partial charge >= 0.3 is 5.97 Å². The number of aliphatic hydroxyl groups excluding tert-OH is 2. The standard InChI is InChI=1S/C21H28O5.C3H6O2/c1-19-7-5-13(23)9-12(19)3-4-14-15-6-8-21(26,17(25)11-22)20(15,2)10-16(24)18(14)19;1-3(4)5-2/h5,7,9,14-16,18,22,24,26H,3-4,6,8,10-11H2,1-2H3;1-2H3/t14-,15-,16?,18+,19-,20-,21-;/m0./s1. The molecule has 4 aliphatic carbocycles. The number of allylic oxidation sites excluding steroid dienone is 4. The molecule has 0 spiro atoms. The Morgan fingerprint density at radius 1 is 1.26 bits per heavy atom. The van der Waals surface area contributed by atoms with Crippen molar-refractivity contribution in [3.63, 3.8) is 0 Å². The van der Waals surface area contributed by atoms with Crippen molar-refractivity contribution in [3.05, 3.63) is 23.8 Å². The summed E-state index contributed by atoms with van der Waals surface area (Å²) in [5.41, 5.74) is -1.54. The van der Waals surface area contributed by atoms with Crippen LogP contribution < -0.4 is 0 Å². The highest BCUT2D eigenvalue weighted by Gasteiger charge is 2.67. The maximum atomic E-state index is 12.4. The van der Waals surface area contributed by atoms with Crippen LogP contribution in [0.4, 0.5) is 0 Å². The number of esters is 1. The first-order chi connectivity index (χ1) is 14.4. The van der Waals surface area contributed by atoms with Crippen LogP contribution in [0.2, 0.25) is 0 Å². The molecule has 0 amide bonds. The van der Waals surface area contributed by atoms with E-state index in [0.29, 0.717) is 12.8 Å². The molecule has 7 nitrogen and oxygen atoms in total. The highest BCUT2D eigenvalue weighted by atomic mass is 16.5. The van der Waals surface area contributed by atoms with E-state index in [4.69, 9.17) is 0 Å². The van der Waals surface area contributed by atoms with Crippen LogP contribution in [0.5, 0.6) is 0 Å². The first-order valence-electron chi connectivity index (χ1n) is 11.0. The first-order valence-corrected chi connectivity index (χ1v) is 11.0. The summed E-state index contributed by atoms with van der Waals surface area (Å²) in [7, 11) is 1.35. The number of Topliss-reactive ketones (excluding diaryl/α,β-unsaturated/α-hetero) is 1. The molecule has 0 saturated heterocycles. The summed E-state index contributed by atoms with van der Waals surface area (Å²) >= 11 is 0. The first kappa shape index (κ1) is 23.8. The zero-order chi connectivity index (χ0) is 23.2. The van der Waals surface area contributed by atoms with Crippen LogP contribution >= 0.6 is 0 Å². The quantitative estimate of drug-likeness (QED) is 0.566. The fourth-order valence-corrected chi connectivity index (χ4v) is 6.92. The Morgan fingerprint density at radius 3 is 2.48 bits per heavy atom. The number of ether oxygens (including phenoxy) is 1. The van der Waals surface area contributed by atoms with Gasteiger partial charge in [0.1, 0.15) is 12.2 Å². The lowest BCUT2D eigenvalue weighted by molar-refractivity contribution is -0.178. The normalized spacial score (nSPS) is 42.9. The third-order valence-corrected chi connectivity index (χ3v) is 8.54. The van der Waals surface area contributed by atoms with Crippen LogP contribution in [-0.2, 0) is 19.1 Å². The Kier molecular flexibility index (Phi) is 6.35. The number of rotatable bonds is 2. The zero-order valence-electron chi connectivity index (χ0n) is 18.8. The third kappa shape index (κ3) is 3.60. The van der Waals surface area contributed by atoms with Gasteiger partial charge in [-0.3, -0.25) is 14.4 Å². The highest BCUT2D eigenvalue weighted by Crippen LogP contribution is 2.67. The number of methoxy groups -OCH3 is 1. The van der Waals surface area contributed by atoms with E-state index in [1.54, 1.807) is 12.2 Å². The molecule has 1 unspecified atom stereocenters. The van der Waals surface area contributed by atoms with E-state index in [-0.39, 0.29) is 34.9 Å². The minimum absolute atomic E-state index is 0.00912. The van der Waals surface area contributed by atoms with Crippen molar-refractivity contribution in [2.24, 2.45) is 28.6 Å². The molecule has 3 saturated carbocycles.